The molecule has 3 nitrogen and oxygen atoms in total. The minimum absolute atomic E-state index is 0.136. The first-order valence-corrected chi connectivity index (χ1v) is 6.39. The van der Waals surface area contributed by atoms with Crippen molar-refractivity contribution in [2.24, 2.45) is 11.7 Å². The lowest BCUT2D eigenvalue weighted by Gasteiger charge is -2.34. The monoisotopic (exact) mass is 273 g/mol. The Morgan fingerprint density at radius 1 is 1.32 bits per heavy atom. The molecule has 2 N–H and O–H groups in total. The molecule has 2 heterocycles. The van der Waals surface area contributed by atoms with Crippen LogP contribution in [-0.2, 0) is 6.54 Å². The number of aryl methyl sites for hydroxylation is 1. The maximum Gasteiger partial charge on any atom is 0.391 e. The molecule has 1 fully saturated rings. The van der Waals surface area contributed by atoms with Crippen LogP contribution in [0.5, 0.6) is 0 Å². The number of alkyl halides is 3. The van der Waals surface area contributed by atoms with Crippen molar-refractivity contribution in [1.29, 1.82) is 0 Å². The number of rotatable bonds is 2. The zero-order valence-corrected chi connectivity index (χ0v) is 10.9. The highest BCUT2D eigenvalue weighted by Gasteiger charge is 2.41. The minimum Gasteiger partial charge on any atom is -0.357 e. The van der Waals surface area contributed by atoms with Crippen LogP contribution in [0.25, 0.3) is 0 Å². The van der Waals surface area contributed by atoms with Gasteiger partial charge in [-0.3, -0.25) is 0 Å². The molecule has 0 aliphatic carbocycles. The Kier molecular flexibility index (Phi) is 3.99. The first-order chi connectivity index (χ1) is 8.90. The van der Waals surface area contributed by atoms with E-state index in [0.29, 0.717) is 19.6 Å². The van der Waals surface area contributed by atoms with Crippen molar-refractivity contribution in [2.75, 3.05) is 18.0 Å². The highest BCUT2D eigenvalue weighted by atomic mass is 19.4. The van der Waals surface area contributed by atoms with E-state index in [-0.39, 0.29) is 12.8 Å². The fourth-order valence-electron chi connectivity index (χ4n) is 2.44. The molecule has 1 saturated heterocycles. The van der Waals surface area contributed by atoms with Crippen LogP contribution in [0.3, 0.4) is 0 Å². The molecule has 0 spiro atoms. The second-order valence-electron chi connectivity index (χ2n) is 4.98. The SMILES string of the molecule is Cc1cc(CN)cc(N2CCC(C(F)(F)F)CC2)n1. The second kappa shape index (κ2) is 5.36. The second-order valence-corrected chi connectivity index (χ2v) is 4.98. The largest absolute Gasteiger partial charge is 0.391 e. The van der Waals surface area contributed by atoms with Crippen molar-refractivity contribution >= 4 is 5.82 Å². The number of nitrogens with two attached hydrogens (primary N) is 1. The van der Waals surface area contributed by atoms with E-state index in [2.05, 4.69) is 4.98 Å². The molecule has 0 unspecified atom stereocenters. The van der Waals surface area contributed by atoms with Crippen molar-refractivity contribution in [2.45, 2.75) is 32.5 Å². The van der Waals surface area contributed by atoms with Crippen LogP contribution in [0, 0.1) is 12.8 Å². The molecule has 1 aromatic rings. The number of halogens is 3. The first-order valence-electron chi connectivity index (χ1n) is 6.39. The van der Waals surface area contributed by atoms with E-state index < -0.39 is 12.1 Å². The molecular weight excluding hydrogens is 255 g/mol. The van der Waals surface area contributed by atoms with E-state index >= 15 is 0 Å². The molecule has 1 aliphatic rings. The number of hydrogen-bond acceptors (Lipinski definition) is 3. The van der Waals surface area contributed by atoms with Crippen molar-refractivity contribution in [3.8, 4) is 0 Å². The van der Waals surface area contributed by atoms with Crippen LogP contribution in [-0.4, -0.2) is 24.2 Å². The van der Waals surface area contributed by atoms with Crippen molar-refractivity contribution in [3.63, 3.8) is 0 Å². The first kappa shape index (κ1) is 14.1. The Labute approximate surface area is 110 Å². The Morgan fingerprint density at radius 2 is 1.95 bits per heavy atom. The minimum atomic E-state index is -4.07. The quantitative estimate of drug-likeness (QED) is 0.900. The molecule has 19 heavy (non-hydrogen) atoms. The maximum atomic E-state index is 12.6. The van der Waals surface area contributed by atoms with Gasteiger partial charge in [-0.1, -0.05) is 0 Å². The van der Waals surface area contributed by atoms with Crippen molar-refractivity contribution in [1.82, 2.24) is 4.98 Å². The van der Waals surface area contributed by atoms with E-state index in [1.54, 1.807) is 0 Å². The lowest BCUT2D eigenvalue weighted by Crippen LogP contribution is -2.39. The molecule has 0 saturated carbocycles. The van der Waals surface area contributed by atoms with Gasteiger partial charge in [0.1, 0.15) is 5.82 Å². The molecule has 0 bridgehead atoms. The number of hydrogen-bond donors (Lipinski definition) is 1. The summed E-state index contributed by atoms with van der Waals surface area (Å²) in [5.41, 5.74) is 7.40. The lowest BCUT2D eigenvalue weighted by atomic mass is 9.96. The Bertz CT molecular complexity index is 437. The summed E-state index contributed by atoms with van der Waals surface area (Å²) in [5.74, 6) is -0.441. The average molecular weight is 273 g/mol. The van der Waals surface area contributed by atoms with Gasteiger partial charge in [0.05, 0.1) is 5.92 Å². The van der Waals surface area contributed by atoms with Gasteiger partial charge >= 0.3 is 6.18 Å². The zero-order valence-electron chi connectivity index (χ0n) is 10.9. The normalized spacial score (nSPS) is 17.8. The predicted octanol–water partition coefficient (Wildman–Crippen LogP) is 2.63. The van der Waals surface area contributed by atoms with Crippen LogP contribution in [0.1, 0.15) is 24.1 Å². The Balaban J connectivity index is 2.07. The van der Waals surface area contributed by atoms with E-state index in [0.717, 1.165) is 17.1 Å². The van der Waals surface area contributed by atoms with Crippen LogP contribution < -0.4 is 10.6 Å². The highest BCUT2D eigenvalue weighted by Crippen LogP contribution is 2.35. The summed E-state index contributed by atoms with van der Waals surface area (Å²) in [4.78, 5) is 6.29. The van der Waals surface area contributed by atoms with Gasteiger partial charge in [-0.05, 0) is 37.5 Å². The molecule has 0 amide bonds. The summed E-state index contributed by atoms with van der Waals surface area (Å²) in [6, 6.07) is 3.76. The smallest absolute Gasteiger partial charge is 0.357 e. The van der Waals surface area contributed by atoms with Gasteiger partial charge in [0, 0.05) is 25.3 Å². The number of aromatic nitrogens is 1. The fourth-order valence-corrected chi connectivity index (χ4v) is 2.44. The third-order valence-corrected chi connectivity index (χ3v) is 3.52. The molecule has 6 heteroatoms. The van der Waals surface area contributed by atoms with Crippen LogP contribution in [0.4, 0.5) is 19.0 Å². The molecule has 106 valence electrons. The number of anilines is 1. The van der Waals surface area contributed by atoms with E-state index in [4.69, 9.17) is 5.73 Å². The highest BCUT2D eigenvalue weighted by molar-refractivity contribution is 5.43. The Morgan fingerprint density at radius 3 is 2.47 bits per heavy atom. The Hall–Kier alpha value is -1.30. The van der Waals surface area contributed by atoms with Crippen molar-refractivity contribution in [3.05, 3.63) is 23.4 Å². The fraction of sp³-hybridized carbons (Fsp3) is 0.615. The van der Waals surface area contributed by atoms with Gasteiger partial charge in [0.25, 0.3) is 0 Å². The van der Waals surface area contributed by atoms with Gasteiger partial charge in [0.15, 0.2) is 0 Å². The summed E-state index contributed by atoms with van der Waals surface area (Å²) >= 11 is 0. The molecule has 0 radical (unpaired) electrons. The molecular formula is C13H18F3N3. The number of nitrogens with zero attached hydrogens (tertiary/aromatic N) is 2. The van der Waals surface area contributed by atoms with Gasteiger partial charge in [-0.15, -0.1) is 0 Å². The summed E-state index contributed by atoms with van der Waals surface area (Å²) in [7, 11) is 0. The number of piperidine rings is 1. The summed E-state index contributed by atoms with van der Waals surface area (Å²) in [6.07, 6.45) is -3.80. The van der Waals surface area contributed by atoms with Gasteiger partial charge < -0.3 is 10.6 Å². The standard InChI is InChI=1S/C13H18F3N3/c1-9-6-10(8-17)7-12(18-9)19-4-2-11(3-5-19)13(14,15)16/h6-7,11H,2-5,8,17H2,1H3. The van der Waals surface area contributed by atoms with Gasteiger partial charge in [0.2, 0.25) is 0 Å². The van der Waals surface area contributed by atoms with Crippen LogP contribution >= 0.6 is 0 Å². The van der Waals surface area contributed by atoms with E-state index in [1.807, 2.05) is 24.0 Å². The third-order valence-electron chi connectivity index (χ3n) is 3.52. The zero-order chi connectivity index (χ0) is 14.0. The molecule has 2 rings (SSSR count). The van der Waals surface area contributed by atoms with Gasteiger partial charge in [-0.25, -0.2) is 4.98 Å². The predicted molar refractivity (Wildman–Crippen MR) is 67.9 cm³/mol. The third kappa shape index (κ3) is 3.37. The molecule has 0 aromatic carbocycles. The van der Waals surface area contributed by atoms with Crippen LogP contribution in [0.15, 0.2) is 12.1 Å². The maximum absolute atomic E-state index is 12.6. The topological polar surface area (TPSA) is 42.1 Å². The van der Waals surface area contributed by atoms with E-state index in [9.17, 15) is 13.2 Å². The molecule has 1 aliphatic heterocycles. The van der Waals surface area contributed by atoms with Gasteiger partial charge in [-0.2, -0.15) is 13.2 Å². The van der Waals surface area contributed by atoms with E-state index in [1.165, 1.54) is 0 Å². The average Bonchev–Trinajstić information content (AvgIpc) is 2.37. The summed E-state index contributed by atoms with van der Waals surface area (Å²) < 4.78 is 37.8. The lowest BCUT2D eigenvalue weighted by molar-refractivity contribution is -0.179. The molecule has 1 aromatic heterocycles. The summed E-state index contributed by atoms with van der Waals surface area (Å²) in [6.45, 7) is 3.07. The molecule has 0 atom stereocenters. The summed E-state index contributed by atoms with van der Waals surface area (Å²) in [5, 5.41) is 0. The van der Waals surface area contributed by atoms with Crippen LogP contribution in [0.2, 0.25) is 0 Å². The number of pyridine rings is 1. The van der Waals surface area contributed by atoms with Crippen molar-refractivity contribution < 1.29 is 13.2 Å².